The van der Waals surface area contributed by atoms with Crippen LogP contribution >= 0.6 is 27.7 Å². The summed E-state index contributed by atoms with van der Waals surface area (Å²) in [4.78, 5) is 12.1. The Morgan fingerprint density at radius 3 is 2.92 bits per heavy atom. The van der Waals surface area contributed by atoms with E-state index in [9.17, 15) is 4.79 Å². The maximum atomic E-state index is 12.1. The van der Waals surface area contributed by atoms with Crippen LogP contribution in [0.5, 0.6) is 0 Å². The predicted molar refractivity (Wildman–Crippen MR) is 97.7 cm³/mol. The van der Waals surface area contributed by atoms with Gasteiger partial charge in [0.15, 0.2) is 0 Å². The fourth-order valence-corrected chi connectivity index (χ4v) is 3.95. The van der Waals surface area contributed by atoms with Crippen LogP contribution in [0.1, 0.15) is 32.6 Å². The molecular weight excluding hydrogens is 390 g/mol. The van der Waals surface area contributed by atoms with Gasteiger partial charge in [-0.3, -0.25) is 4.79 Å². The lowest BCUT2D eigenvalue weighted by Crippen LogP contribution is -2.41. The third kappa shape index (κ3) is 4.39. The third-order valence-corrected chi connectivity index (χ3v) is 5.81. The SMILES string of the molecule is C[C@H]1CCCC[C@@H]1NC(=O)CSc1nnc(-c2ccccc2Br)o1. The Labute approximate surface area is 154 Å². The highest BCUT2D eigenvalue weighted by Crippen LogP contribution is 2.29. The van der Waals surface area contributed by atoms with E-state index in [-0.39, 0.29) is 5.91 Å². The number of nitrogens with zero attached hydrogens (tertiary/aromatic N) is 2. The van der Waals surface area contributed by atoms with Crippen LogP contribution in [-0.2, 0) is 4.79 Å². The minimum absolute atomic E-state index is 0.0272. The standard InChI is InChI=1S/C17H20BrN3O2S/c1-11-6-2-5-9-14(11)19-15(22)10-24-17-21-20-16(23-17)12-7-3-4-8-13(12)18/h3-4,7-8,11,14H,2,5-6,9-10H2,1H3,(H,19,22)/t11-,14-/m0/s1. The summed E-state index contributed by atoms with van der Waals surface area (Å²) >= 11 is 4.74. The van der Waals surface area contributed by atoms with Crippen LogP contribution < -0.4 is 5.32 Å². The molecule has 2 aromatic rings. The van der Waals surface area contributed by atoms with E-state index in [1.54, 1.807) is 0 Å². The lowest BCUT2D eigenvalue weighted by molar-refractivity contribution is -0.119. The molecule has 1 heterocycles. The van der Waals surface area contributed by atoms with Gasteiger partial charge in [0, 0.05) is 10.5 Å². The molecule has 1 amide bonds. The molecule has 0 unspecified atom stereocenters. The summed E-state index contributed by atoms with van der Waals surface area (Å²) in [7, 11) is 0. The molecule has 0 spiro atoms. The number of benzene rings is 1. The summed E-state index contributed by atoms with van der Waals surface area (Å²) in [6, 6.07) is 7.96. The van der Waals surface area contributed by atoms with E-state index in [0.717, 1.165) is 16.5 Å². The molecule has 0 radical (unpaired) electrons. The number of amides is 1. The largest absolute Gasteiger partial charge is 0.411 e. The second kappa shape index (κ2) is 8.16. The first-order valence-electron chi connectivity index (χ1n) is 8.14. The van der Waals surface area contributed by atoms with Gasteiger partial charge in [0.2, 0.25) is 11.8 Å². The molecule has 1 N–H and O–H groups in total. The average molecular weight is 410 g/mol. The molecule has 128 valence electrons. The fraction of sp³-hybridized carbons (Fsp3) is 0.471. The number of carbonyl (C=O) groups is 1. The molecular formula is C17H20BrN3O2S. The average Bonchev–Trinajstić information content (AvgIpc) is 3.04. The van der Waals surface area contributed by atoms with Gasteiger partial charge < -0.3 is 9.73 Å². The Hall–Kier alpha value is -1.34. The van der Waals surface area contributed by atoms with E-state index in [0.29, 0.717) is 28.8 Å². The van der Waals surface area contributed by atoms with E-state index in [1.165, 1.54) is 31.0 Å². The zero-order chi connectivity index (χ0) is 16.9. The molecule has 0 bridgehead atoms. The molecule has 1 aliphatic carbocycles. The van der Waals surface area contributed by atoms with Crippen molar-refractivity contribution in [1.82, 2.24) is 15.5 Å². The van der Waals surface area contributed by atoms with Crippen molar-refractivity contribution < 1.29 is 9.21 Å². The van der Waals surface area contributed by atoms with Crippen LogP contribution in [0.3, 0.4) is 0 Å². The molecule has 5 nitrogen and oxygen atoms in total. The van der Waals surface area contributed by atoms with Crippen LogP contribution in [-0.4, -0.2) is 27.9 Å². The molecule has 3 rings (SSSR count). The molecule has 1 aromatic heterocycles. The molecule has 2 atom stereocenters. The minimum atomic E-state index is 0.0272. The fourth-order valence-electron chi connectivity index (χ4n) is 2.92. The number of carbonyl (C=O) groups excluding carboxylic acids is 1. The van der Waals surface area contributed by atoms with Crippen molar-refractivity contribution in [3.05, 3.63) is 28.7 Å². The van der Waals surface area contributed by atoms with E-state index in [2.05, 4.69) is 38.4 Å². The van der Waals surface area contributed by atoms with Gasteiger partial charge in [-0.15, -0.1) is 10.2 Å². The van der Waals surface area contributed by atoms with E-state index < -0.39 is 0 Å². The number of halogens is 1. The van der Waals surface area contributed by atoms with E-state index in [4.69, 9.17) is 4.42 Å². The van der Waals surface area contributed by atoms with Crippen molar-refractivity contribution in [1.29, 1.82) is 0 Å². The van der Waals surface area contributed by atoms with Gasteiger partial charge in [0.05, 0.1) is 11.3 Å². The Bertz CT molecular complexity index is 707. The molecule has 0 saturated heterocycles. The molecule has 1 fully saturated rings. The number of hydrogen-bond acceptors (Lipinski definition) is 5. The zero-order valence-electron chi connectivity index (χ0n) is 13.5. The molecule has 1 aromatic carbocycles. The van der Waals surface area contributed by atoms with Gasteiger partial charge in [-0.2, -0.15) is 0 Å². The summed E-state index contributed by atoms with van der Waals surface area (Å²) in [5.41, 5.74) is 0.845. The smallest absolute Gasteiger partial charge is 0.277 e. The third-order valence-electron chi connectivity index (χ3n) is 4.30. The lowest BCUT2D eigenvalue weighted by Gasteiger charge is -2.29. The van der Waals surface area contributed by atoms with Gasteiger partial charge in [-0.25, -0.2) is 0 Å². The molecule has 1 aliphatic rings. The second-order valence-electron chi connectivity index (χ2n) is 6.08. The van der Waals surface area contributed by atoms with Crippen LogP contribution in [0, 0.1) is 5.92 Å². The van der Waals surface area contributed by atoms with Gasteiger partial charge in [-0.05, 0) is 46.8 Å². The number of aromatic nitrogens is 2. The van der Waals surface area contributed by atoms with Crippen molar-refractivity contribution >= 4 is 33.6 Å². The van der Waals surface area contributed by atoms with Crippen molar-refractivity contribution in [3.63, 3.8) is 0 Å². The first kappa shape index (κ1) is 17.5. The first-order chi connectivity index (χ1) is 11.6. The summed E-state index contributed by atoms with van der Waals surface area (Å²) in [5.74, 6) is 1.32. The first-order valence-corrected chi connectivity index (χ1v) is 9.92. The minimum Gasteiger partial charge on any atom is -0.411 e. The predicted octanol–water partition coefficient (Wildman–Crippen LogP) is 4.29. The van der Waals surface area contributed by atoms with Crippen molar-refractivity contribution in [3.8, 4) is 11.5 Å². The highest BCUT2D eigenvalue weighted by atomic mass is 79.9. The van der Waals surface area contributed by atoms with Crippen molar-refractivity contribution in [2.75, 3.05) is 5.75 Å². The van der Waals surface area contributed by atoms with E-state index in [1.807, 2.05) is 24.3 Å². The molecule has 24 heavy (non-hydrogen) atoms. The summed E-state index contributed by atoms with van der Waals surface area (Å²) in [5, 5.41) is 11.6. The maximum absolute atomic E-state index is 12.1. The topological polar surface area (TPSA) is 68.0 Å². The van der Waals surface area contributed by atoms with E-state index >= 15 is 0 Å². The molecule has 0 aliphatic heterocycles. The number of nitrogens with one attached hydrogen (secondary N) is 1. The van der Waals surface area contributed by atoms with Crippen LogP contribution in [0.2, 0.25) is 0 Å². The van der Waals surface area contributed by atoms with Crippen LogP contribution in [0.25, 0.3) is 11.5 Å². The van der Waals surface area contributed by atoms with Gasteiger partial charge >= 0.3 is 0 Å². The Balaban J connectivity index is 1.54. The highest BCUT2D eigenvalue weighted by Gasteiger charge is 2.23. The summed E-state index contributed by atoms with van der Waals surface area (Å²) in [6.07, 6.45) is 4.73. The zero-order valence-corrected chi connectivity index (χ0v) is 15.9. The van der Waals surface area contributed by atoms with Crippen molar-refractivity contribution in [2.45, 2.75) is 43.9 Å². The lowest BCUT2D eigenvalue weighted by atomic mass is 9.86. The molecule has 1 saturated carbocycles. The Morgan fingerprint density at radius 2 is 2.12 bits per heavy atom. The number of hydrogen-bond donors (Lipinski definition) is 1. The number of thioether (sulfide) groups is 1. The van der Waals surface area contributed by atoms with Gasteiger partial charge in [0.1, 0.15) is 0 Å². The Morgan fingerprint density at radius 1 is 1.33 bits per heavy atom. The quantitative estimate of drug-likeness (QED) is 0.745. The second-order valence-corrected chi connectivity index (χ2v) is 7.86. The number of rotatable bonds is 5. The van der Waals surface area contributed by atoms with Crippen LogP contribution in [0.15, 0.2) is 38.4 Å². The van der Waals surface area contributed by atoms with Gasteiger partial charge in [0.25, 0.3) is 5.22 Å². The highest BCUT2D eigenvalue weighted by molar-refractivity contribution is 9.10. The Kier molecular flexibility index (Phi) is 5.94. The summed E-state index contributed by atoms with van der Waals surface area (Å²) < 4.78 is 6.54. The summed E-state index contributed by atoms with van der Waals surface area (Å²) in [6.45, 7) is 2.21. The normalized spacial score (nSPS) is 20.8. The monoisotopic (exact) mass is 409 g/mol. The maximum Gasteiger partial charge on any atom is 0.277 e. The van der Waals surface area contributed by atoms with Crippen molar-refractivity contribution in [2.24, 2.45) is 5.92 Å². The molecule has 7 heteroatoms. The van der Waals surface area contributed by atoms with Gasteiger partial charge in [-0.1, -0.05) is 43.7 Å². The van der Waals surface area contributed by atoms with Crippen LogP contribution in [0.4, 0.5) is 0 Å².